The van der Waals surface area contributed by atoms with Gasteiger partial charge < -0.3 is 10.1 Å². The van der Waals surface area contributed by atoms with Crippen LogP contribution in [0, 0.1) is 0 Å². The SMILES string of the molecule is C=CCOc1ccc(CNC)cc1C(F)(F)F. The zero-order valence-electron chi connectivity index (χ0n) is 9.47. The van der Waals surface area contributed by atoms with Gasteiger partial charge >= 0.3 is 6.18 Å². The minimum Gasteiger partial charge on any atom is -0.489 e. The maximum absolute atomic E-state index is 12.8. The van der Waals surface area contributed by atoms with Crippen molar-refractivity contribution in [1.82, 2.24) is 5.32 Å². The van der Waals surface area contributed by atoms with Crippen LogP contribution in [0.5, 0.6) is 5.75 Å². The molecule has 0 aromatic heterocycles. The molecule has 0 aliphatic rings. The van der Waals surface area contributed by atoms with Crippen molar-refractivity contribution < 1.29 is 17.9 Å². The van der Waals surface area contributed by atoms with Crippen molar-refractivity contribution in [3.8, 4) is 5.75 Å². The minimum absolute atomic E-state index is 0.0501. The number of nitrogens with one attached hydrogen (secondary N) is 1. The van der Waals surface area contributed by atoms with Gasteiger partial charge in [0.1, 0.15) is 12.4 Å². The van der Waals surface area contributed by atoms with Crippen molar-refractivity contribution in [3.63, 3.8) is 0 Å². The summed E-state index contributed by atoms with van der Waals surface area (Å²) in [4.78, 5) is 0. The van der Waals surface area contributed by atoms with Crippen molar-refractivity contribution >= 4 is 0 Å². The molecule has 0 radical (unpaired) electrons. The van der Waals surface area contributed by atoms with Crippen molar-refractivity contribution in [2.24, 2.45) is 0 Å². The zero-order chi connectivity index (χ0) is 12.9. The van der Waals surface area contributed by atoms with Gasteiger partial charge in [0, 0.05) is 6.54 Å². The quantitative estimate of drug-likeness (QED) is 0.805. The predicted octanol–water partition coefficient (Wildman–Crippen LogP) is 2.99. The first-order valence-corrected chi connectivity index (χ1v) is 5.07. The van der Waals surface area contributed by atoms with Crippen LogP contribution in [0.1, 0.15) is 11.1 Å². The van der Waals surface area contributed by atoms with E-state index in [0.29, 0.717) is 12.1 Å². The molecule has 94 valence electrons. The molecule has 0 unspecified atom stereocenters. The van der Waals surface area contributed by atoms with Gasteiger partial charge in [0.05, 0.1) is 5.56 Å². The number of rotatable bonds is 5. The highest BCUT2D eigenvalue weighted by Crippen LogP contribution is 2.36. The molecule has 1 aromatic carbocycles. The van der Waals surface area contributed by atoms with E-state index in [4.69, 9.17) is 4.74 Å². The lowest BCUT2D eigenvalue weighted by Crippen LogP contribution is -2.11. The van der Waals surface area contributed by atoms with Crippen LogP contribution in [0.4, 0.5) is 13.2 Å². The molecule has 1 aromatic rings. The standard InChI is InChI=1S/C12H14F3NO/c1-3-6-17-11-5-4-9(8-16-2)7-10(11)12(13,14)15/h3-5,7,16H,1,6,8H2,2H3. The van der Waals surface area contributed by atoms with Gasteiger partial charge in [0.2, 0.25) is 0 Å². The van der Waals surface area contributed by atoms with Crippen LogP contribution in [-0.2, 0) is 12.7 Å². The third kappa shape index (κ3) is 3.78. The van der Waals surface area contributed by atoms with E-state index in [1.807, 2.05) is 0 Å². The van der Waals surface area contributed by atoms with Crippen LogP contribution >= 0.6 is 0 Å². The molecule has 0 spiro atoms. The van der Waals surface area contributed by atoms with Crippen LogP contribution < -0.4 is 10.1 Å². The topological polar surface area (TPSA) is 21.3 Å². The van der Waals surface area contributed by atoms with Gasteiger partial charge in [0.15, 0.2) is 0 Å². The Hall–Kier alpha value is -1.49. The van der Waals surface area contributed by atoms with Gasteiger partial charge in [-0.2, -0.15) is 13.2 Å². The van der Waals surface area contributed by atoms with Crippen LogP contribution in [-0.4, -0.2) is 13.7 Å². The third-order valence-corrected chi connectivity index (χ3v) is 2.09. The van der Waals surface area contributed by atoms with E-state index in [1.54, 1.807) is 13.1 Å². The Balaban J connectivity index is 3.07. The second-order valence-electron chi connectivity index (χ2n) is 3.46. The lowest BCUT2D eigenvalue weighted by molar-refractivity contribution is -0.138. The van der Waals surface area contributed by atoms with Gasteiger partial charge in [-0.05, 0) is 24.7 Å². The first kappa shape index (κ1) is 13.6. The van der Waals surface area contributed by atoms with Crippen LogP contribution in [0.2, 0.25) is 0 Å². The van der Waals surface area contributed by atoms with Gasteiger partial charge in [-0.3, -0.25) is 0 Å². The molecule has 0 fully saturated rings. The molecule has 0 heterocycles. The number of halogens is 3. The molecule has 0 saturated carbocycles. The Kier molecular flexibility index (Phi) is 4.57. The fourth-order valence-electron chi connectivity index (χ4n) is 1.39. The molecular weight excluding hydrogens is 231 g/mol. The van der Waals surface area contributed by atoms with E-state index >= 15 is 0 Å². The van der Waals surface area contributed by atoms with Crippen LogP contribution in [0.3, 0.4) is 0 Å². The lowest BCUT2D eigenvalue weighted by atomic mass is 10.1. The van der Waals surface area contributed by atoms with E-state index in [9.17, 15) is 13.2 Å². The van der Waals surface area contributed by atoms with E-state index in [1.165, 1.54) is 12.1 Å². The summed E-state index contributed by atoms with van der Waals surface area (Å²) in [5, 5.41) is 2.80. The number of ether oxygens (including phenoxy) is 1. The molecule has 1 N–H and O–H groups in total. The highest BCUT2D eigenvalue weighted by Gasteiger charge is 2.34. The molecule has 0 aliphatic carbocycles. The van der Waals surface area contributed by atoms with Gasteiger partial charge in [0.25, 0.3) is 0 Å². The summed E-state index contributed by atoms with van der Waals surface area (Å²) in [5.41, 5.74) is -0.196. The highest BCUT2D eigenvalue weighted by atomic mass is 19.4. The molecule has 2 nitrogen and oxygen atoms in total. The molecular formula is C12H14F3NO. The average Bonchev–Trinajstić information content (AvgIpc) is 2.26. The second-order valence-corrected chi connectivity index (χ2v) is 3.46. The Morgan fingerprint density at radius 3 is 2.65 bits per heavy atom. The first-order chi connectivity index (χ1) is 7.99. The second kappa shape index (κ2) is 5.72. The molecule has 5 heteroatoms. The molecule has 1 rings (SSSR count). The third-order valence-electron chi connectivity index (χ3n) is 2.09. The predicted molar refractivity (Wildman–Crippen MR) is 59.9 cm³/mol. The van der Waals surface area contributed by atoms with Crippen molar-refractivity contribution in [3.05, 3.63) is 42.0 Å². The number of hydrogen-bond acceptors (Lipinski definition) is 2. The normalized spacial score (nSPS) is 11.3. The van der Waals surface area contributed by atoms with Crippen LogP contribution in [0.15, 0.2) is 30.9 Å². The van der Waals surface area contributed by atoms with Crippen molar-refractivity contribution in [1.29, 1.82) is 0 Å². The maximum atomic E-state index is 12.8. The van der Waals surface area contributed by atoms with Gasteiger partial charge in [-0.1, -0.05) is 18.7 Å². The maximum Gasteiger partial charge on any atom is 0.419 e. The van der Waals surface area contributed by atoms with Crippen molar-refractivity contribution in [2.75, 3.05) is 13.7 Å². The lowest BCUT2D eigenvalue weighted by Gasteiger charge is -2.14. The van der Waals surface area contributed by atoms with Gasteiger partial charge in [-0.25, -0.2) is 0 Å². The Labute approximate surface area is 98.1 Å². The Morgan fingerprint density at radius 1 is 1.41 bits per heavy atom. The minimum atomic E-state index is -4.42. The summed E-state index contributed by atoms with van der Waals surface area (Å²) >= 11 is 0. The van der Waals surface area contributed by atoms with Crippen molar-refractivity contribution in [2.45, 2.75) is 12.7 Å². The summed E-state index contributed by atoms with van der Waals surface area (Å²) in [6, 6.07) is 4.03. The van der Waals surface area contributed by atoms with E-state index in [-0.39, 0.29) is 12.4 Å². The summed E-state index contributed by atoms with van der Waals surface area (Å²) in [5.74, 6) is -0.169. The fourth-order valence-corrected chi connectivity index (χ4v) is 1.39. The van der Waals surface area contributed by atoms with Crippen LogP contribution in [0.25, 0.3) is 0 Å². The number of alkyl halides is 3. The van der Waals surface area contributed by atoms with E-state index in [0.717, 1.165) is 6.07 Å². The highest BCUT2D eigenvalue weighted by molar-refractivity contribution is 5.39. The monoisotopic (exact) mass is 245 g/mol. The zero-order valence-corrected chi connectivity index (χ0v) is 9.47. The molecule has 0 atom stereocenters. The number of hydrogen-bond donors (Lipinski definition) is 1. The molecule has 0 aliphatic heterocycles. The summed E-state index contributed by atoms with van der Waals surface area (Å²) in [6.07, 6.45) is -3.01. The Bertz CT molecular complexity index is 388. The van der Waals surface area contributed by atoms with E-state index < -0.39 is 11.7 Å². The average molecular weight is 245 g/mol. The molecule has 0 bridgehead atoms. The van der Waals surface area contributed by atoms with Gasteiger partial charge in [-0.15, -0.1) is 0 Å². The van der Waals surface area contributed by atoms with E-state index in [2.05, 4.69) is 11.9 Å². The fraction of sp³-hybridized carbons (Fsp3) is 0.333. The number of benzene rings is 1. The molecule has 0 saturated heterocycles. The summed E-state index contributed by atoms with van der Waals surface area (Å²) in [7, 11) is 1.68. The summed E-state index contributed by atoms with van der Waals surface area (Å²) in [6.45, 7) is 3.83. The Morgan fingerprint density at radius 2 is 2.12 bits per heavy atom. The molecule has 0 amide bonds. The molecule has 17 heavy (non-hydrogen) atoms. The summed E-state index contributed by atoms with van der Waals surface area (Å²) < 4.78 is 43.3. The first-order valence-electron chi connectivity index (χ1n) is 5.07. The largest absolute Gasteiger partial charge is 0.489 e. The smallest absolute Gasteiger partial charge is 0.419 e.